The maximum absolute atomic E-state index is 13.4. The van der Waals surface area contributed by atoms with E-state index in [0.717, 1.165) is 11.3 Å². The normalized spacial score (nSPS) is 16.4. The summed E-state index contributed by atoms with van der Waals surface area (Å²) in [6.07, 6.45) is 0. The summed E-state index contributed by atoms with van der Waals surface area (Å²) in [5.74, 6) is -1.54. The summed E-state index contributed by atoms with van der Waals surface area (Å²) in [5.41, 5.74) is 1.08. The molecule has 0 bridgehead atoms. The molecule has 8 nitrogen and oxygen atoms in total. The zero-order chi connectivity index (χ0) is 27.7. The predicted molar refractivity (Wildman–Crippen MR) is 147 cm³/mol. The summed E-state index contributed by atoms with van der Waals surface area (Å²) in [5, 5.41) is 11.8. The first-order chi connectivity index (χ1) is 18.8. The van der Waals surface area contributed by atoms with Gasteiger partial charge in [-0.25, -0.2) is 9.78 Å². The predicted octanol–water partition coefficient (Wildman–Crippen LogP) is 6.31. The van der Waals surface area contributed by atoms with E-state index in [1.165, 1.54) is 12.0 Å². The lowest BCUT2D eigenvalue weighted by Crippen LogP contribution is -2.29. The molecule has 1 unspecified atom stereocenters. The largest absolute Gasteiger partial charge is 0.507 e. The quantitative estimate of drug-likeness (QED) is 0.127. The number of hydrogen-bond donors (Lipinski definition) is 1. The Hall–Kier alpha value is -4.47. The van der Waals surface area contributed by atoms with Crippen LogP contribution >= 0.6 is 22.9 Å². The van der Waals surface area contributed by atoms with Crippen LogP contribution in [0, 0.1) is 6.92 Å². The van der Waals surface area contributed by atoms with Crippen LogP contribution in [0.2, 0.25) is 5.02 Å². The first-order valence-electron chi connectivity index (χ1n) is 11.7. The number of aryl methyl sites for hydroxylation is 1. The molecule has 1 aliphatic heterocycles. The highest BCUT2D eigenvalue weighted by Gasteiger charge is 2.48. The fourth-order valence-electron chi connectivity index (χ4n) is 4.22. The number of ketones is 1. The van der Waals surface area contributed by atoms with Crippen molar-refractivity contribution < 1.29 is 29.0 Å². The van der Waals surface area contributed by atoms with Crippen LogP contribution < -0.4 is 9.64 Å². The third kappa shape index (κ3) is 5.01. The van der Waals surface area contributed by atoms with Crippen molar-refractivity contribution in [2.45, 2.75) is 13.0 Å². The molecule has 2 heterocycles. The second kappa shape index (κ2) is 10.7. The van der Waals surface area contributed by atoms with Crippen molar-refractivity contribution in [3.63, 3.8) is 0 Å². The number of aromatic nitrogens is 1. The highest BCUT2D eigenvalue weighted by atomic mass is 35.5. The van der Waals surface area contributed by atoms with Crippen LogP contribution in [0.4, 0.5) is 5.13 Å². The molecule has 196 valence electrons. The minimum atomic E-state index is -1.03. The third-order valence-corrected chi connectivity index (χ3v) is 7.49. The van der Waals surface area contributed by atoms with Gasteiger partial charge in [-0.3, -0.25) is 14.5 Å². The van der Waals surface area contributed by atoms with Crippen molar-refractivity contribution in [1.29, 1.82) is 0 Å². The van der Waals surface area contributed by atoms with Gasteiger partial charge in [-0.1, -0.05) is 53.3 Å². The zero-order valence-electron chi connectivity index (χ0n) is 20.8. The number of benzene rings is 3. The zero-order valence-corrected chi connectivity index (χ0v) is 22.3. The summed E-state index contributed by atoms with van der Waals surface area (Å²) in [4.78, 5) is 44.8. The van der Waals surface area contributed by atoms with Crippen molar-refractivity contribution in [2.75, 3.05) is 12.0 Å². The van der Waals surface area contributed by atoms with Gasteiger partial charge in [0, 0.05) is 10.6 Å². The van der Waals surface area contributed by atoms with Crippen molar-refractivity contribution in [3.05, 3.63) is 111 Å². The molecule has 0 saturated carbocycles. The van der Waals surface area contributed by atoms with Gasteiger partial charge in [0.05, 0.1) is 24.4 Å². The number of aliphatic hydroxyl groups is 1. The number of anilines is 1. The molecular formula is C29H21ClN2O6S. The van der Waals surface area contributed by atoms with Gasteiger partial charge in [0.2, 0.25) is 0 Å². The standard InChI is InChI=1S/C29H21ClN2O6S/c1-16-26(28(36)37-2)39-29(31-16)32-23(17-10-14-21(15-11-17)38-20-6-4-3-5-7-20)22(25(34)27(32)35)24(33)18-8-12-19(30)13-9-18/h3-15,23,33H,1-2H3/b24-22+. The van der Waals surface area contributed by atoms with Gasteiger partial charge in [-0.05, 0) is 61.0 Å². The molecule has 10 heteroatoms. The van der Waals surface area contributed by atoms with Crippen LogP contribution in [0.3, 0.4) is 0 Å². The average molecular weight is 561 g/mol. The van der Waals surface area contributed by atoms with Crippen molar-refractivity contribution in [1.82, 2.24) is 4.98 Å². The molecule has 1 saturated heterocycles. The molecule has 0 spiro atoms. The third-order valence-electron chi connectivity index (χ3n) is 6.10. The van der Waals surface area contributed by atoms with Crippen LogP contribution in [-0.4, -0.2) is 34.9 Å². The Kier molecular flexibility index (Phi) is 7.19. The Balaban J connectivity index is 1.62. The number of methoxy groups -OCH3 is 1. The fourth-order valence-corrected chi connectivity index (χ4v) is 5.36. The van der Waals surface area contributed by atoms with Gasteiger partial charge in [0.15, 0.2) is 5.13 Å². The highest BCUT2D eigenvalue weighted by molar-refractivity contribution is 7.17. The van der Waals surface area contributed by atoms with Gasteiger partial charge >= 0.3 is 11.9 Å². The molecule has 1 fully saturated rings. The van der Waals surface area contributed by atoms with E-state index < -0.39 is 23.7 Å². The second-order valence-corrected chi connectivity index (χ2v) is 9.98. The molecule has 1 amide bonds. The number of para-hydroxylation sites is 1. The number of nitrogens with zero attached hydrogens (tertiary/aromatic N) is 2. The molecule has 1 aromatic heterocycles. The molecule has 5 rings (SSSR count). The Morgan fingerprint density at radius 1 is 0.974 bits per heavy atom. The summed E-state index contributed by atoms with van der Waals surface area (Å²) in [7, 11) is 1.25. The lowest BCUT2D eigenvalue weighted by Gasteiger charge is -2.23. The number of esters is 1. The van der Waals surface area contributed by atoms with E-state index in [-0.39, 0.29) is 21.3 Å². The molecule has 3 aromatic carbocycles. The first kappa shape index (κ1) is 26.1. The smallest absolute Gasteiger partial charge is 0.350 e. The van der Waals surface area contributed by atoms with E-state index in [2.05, 4.69) is 4.98 Å². The van der Waals surface area contributed by atoms with E-state index in [4.69, 9.17) is 21.1 Å². The molecule has 39 heavy (non-hydrogen) atoms. The lowest BCUT2D eigenvalue weighted by molar-refractivity contribution is -0.132. The number of hydrogen-bond acceptors (Lipinski definition) is 8. The van der Waals surface area contributed by atoms with Gasteiger partial charge < -0.3 is 14.6 Å². The lowest BCUT2D eigenvalue weighted by atomic mass is 9.95. The van der Waals surface area contributed by atoms with E-state index in [1.807, 2.05) is 30.3 Å². The summed E-state index contributed by atoms with van der Waals surface area (Å²) in [6.45, 7) is 1.61. The SMILES string of the molecule is COC(=O)c1sc(N2C(=O)C(=O)/C(=C(/O)c3ccc(Cl)cc3)C2c2ccc(Oc3ccccc3)cc2)nc1C. The summed E-state index contributed by atoms with van der Waals surface area (Å²) >= 11 is 6.93. The molecule has 4 aromatic rings. The minimum Gasteiger partial charge on any atom is -0.507 e. The number of aliphatic hydroxyl groups excluding tert-OH is 1. The van der Waals surface area contributed by atoms with Crippen LogP contribution in [0.1, 0.15) is 32.5 Å². The van der Waals surface area contributed by atoms with E-state index >= 15 is 0 Å². The number of Topliss-reactive ketones (excluding diaryl/α,β-unsaturated/α-hetero) is 1. The molecule has 1 N–H and O–H groups in total. The van der Waals surface area contributed by atoms with Crippen LogP contribution in [0.15, 0.2) is 84.4 Å². The molecule has 0 radical (unpaired) electrons. The Morgan fingerprint density at radius 3 is 2.26 bits per heavy atom. The average Bonchev–Trinajstić information content (AvgIpc) is 3.45. The number of amides is 1. The van der Waals surface area contributed by atoms with Crippen molar-refractivity contribution in [2.24, 2.45) is 0 Å². The number of carbonyl (C=O) groups excluding carboxylic acids is 3. The van der Waals surface area contributed by atoms with Gasteiger partial charge in [-0.2, -0.15) is 0 Å². The van der Waals surface area contributed by atoms with E-state index in [1.54, 1.807) is 55.5 Å². The molecular weight excluding hydrogens is 540 g/mol. The minimum absolute atomic E-state index is 0.119. The van der Waals surface area contributed by atoms with Crippen molar-refractivity contribution in [3.8, 4) is 11.5 Å². The summed E-state index contributed by atoms with van der Waals surface area (Å²) < 4.78 is 10.7. The first-order valence-corrected chi connectivity index (χ1v) is 12.9. The molecule has 0 aliphatic carbocycles. The fraction of sp³-hybridized carbons (Fsp3) is 0.103. The number of thiazole rings is 1. The maximum atomic E-state index is 13.4. The molecule has 1 atom stereocenters. The van der Waals surface area contributed by atoms with E-state index in [9.17, 15) is 19.5 Å². The van der Waals surface area contributed by atoms with Crippen molar-refractivity contribution >= 4 is 51.5 Å². The maximum Gasteiger partial charge on any atom is 0.350 e. The monoisotopic (exact) mass is 560 g/mol. The number of rotatable bonds is 6. The Labute approximate surface area is 232 Å². The van der Waals surface area contributed by atoms with Gasteiger partial charge in [0.25, 0.3) is 5.78 Å². The van der Waals surface area contributed by atoms with Crippen LogP contribution in [-0.2, 0) is 14.3 Å². The second-order valence-electron chi connectivity index (χ2n) is 8.56. The topological polar surface area (TPSA) is 106 Å². The van der Waals surface area contributed by atoms with Crippen LogP contribution in [0.25, 0.3) is 5.76 Å². The summed E-state index contributed by atoms with van der Waals surface area (Å²) in [6, 6.07) is 21.3. The Morgan fingerprint density at radius 2 is 1.62 bits per heavy atom. The number of carbonyl (C=O) groups is 3. The number of ether oxygens (including phenoxy) is 2. The van der Waals surface area contributed by atoms with Gasteiger partial charge in [-0.15, -0.1) is 0 Å². The molecule has 1 aliphatic rings. The number of halogens is 1. The highest BCUT2D eigenvalue weighted by Crippen LogP contribution is 2.44. The van der Waals surface area contributed by atoms with Crippen LogP contribution in [0.5, 0.6) is 11.5 Å². The Bertz CT molecular complexity index is 1600. The van der Waals surface area contributed by atoms with E-state index in [0.29, 0.717) is 33.3 Å². The van der Waals surface area contributed by atoms with Gasteiger partial charge in [0.1, 0.15) is 22.1 Å².